The number of anilines is 1. The van der Waals surface area contributed by atoms with Gasteiger partial charge in [-0.1, -0.05) is 12.1 Å². The minimum absolute atomic E-state index is 0.873. The number of aryl methyl sites for hydroxylation is 1. The van der Waals surface area contributed by atoms with Gasteiger partial charge in [-0.3, -0.25) is 0 Å². The zero-order valence-corrected chi connectivity index (χ0v) is 7.96. The Bertz CT molecular complexity index is 267. The summed E-state index contributed by atoms with van der Waals surface area (Å²) in [5.41, 5.74) is 9.05. The SMILES string of the molecule is Cc1cc(CN(C)C)ccc1N. The van der Waals surface area contributed by atoms with Crippen molar-refractivity contribution in [3.63, 3.8) is 0 Å². The van der Waals surface area contributed by atoms with E-state index in [1.54, 1.807) is 0 Å². The van der Waals surface area contributed by atoms with Crippen molar-refractivity contribution in [1.82, 2.24) is 4.90 Å². The first kappa shape index (κ1) is 9.07. The van der Waals surface area contributed by atoms with Gasteiger partial charge in [-0.05, 0) is 38.2 Å². The molecule has 0 atom stereocenters. The van der Waals surface area contributed by atoms with Crippen molar-refractivity contribution in [3.05, 3.63) is 29.3 Å². The minimum Gasteiger partial charge on any atom is -0.399 e. The number of rotatable bonds is 2. The van der Waals surface area contributed by atoms with Crippen molar-refractivity contribution in [2.75, 3.05) is 19.8 Å². The molecule has 1 rings (SSSR count). The Labute approximate surface area is 74.0 Å². The predicted octanol–water partition coefficient (Wildman–Crippen LogP) is 1.64. The second-order valence-electron chi connectivity index (χ2n) is 3.43. The molecule has 0 bridgehead atoms. The van der Waals surface area contributed by atoms with E-state index in [-0.39, 0.29) is 0 Å². The zero-order chi connectivity index (χ0) is 9.14. The first-order chi connectivity index (χ1) is 5.59. The van der Waals surface area contributed by atoms with E-state index in [1.165, 1.54) is 5.56 Å². The molecule has 2 nitrogen and oxygen atoms in total. The molecule has 0 aliphatic carbocycles. The molecule has 1 aromatic rings. The van der Waals surface area contributed by atoms with Crippen molar-refractivity contribution in [2.24, 2.45) is 0 Å². The molecule has 0 unspecified atom stereocenters. The number of hydrogen-bond donors (Lipinski definition) is 1. The van der Waals surface area contributed by atoms with Gasteiger partial charge in [0.05, 0.1) is 0 Å². The highest BCUT2D eigenvalue weighted by molar-refractivity contribution is 5.47. The molecule has 0 radical (unpaired) electrons. The summed E-state index contributed by atoms with van der Waals surface area (Å²) in [5, 5.41) is 0. The molecule has 2 heteroatoms. The smallest absolute Gasteiger partial charge is 0.0343 e. The van der Waals surface area contributed by atoms with Gasteiger partial charge in [-0.15, -0.1) is 0 Å². The molecule has 0 spiro atoms. The average Bonchev–Trinajstić information content (AvgIpc) is 1.96. The highest BCUT2D eigenvalue weighted by Gasteiger charge is 1.97. The van der Waals surface area contributed by atoms with Crippen LogP contribution >= 0.6 is 0 Å². The van der Waals surface area contributed by atoms with Crippen LogP contribution in [0, 0.1) is 6.92 Å². The monoisotopic (exact) mass is 164 g/mol. The molecule has 0 heterocycles. The lowest BCUT2D eigenvalue weighted by Crippen LogP contribution is -2.10. The second kappa shape index (κ2) is 3.59. The highest BCUT2D eigenvalue weighted by atomic mass is 15.0. The van der Waals surface area contributed by atoms with Gasteiger partial charge in [0.1, 0.15) is 0 Å². The first-order valence-corrected chi connectivity index (χ1v) is 4.09. The number of benzene rings is 1. The van der Waals surface area contributed by atoms with Crippen LogP contribution in [-0.2, 0) is 6.54 Å². The number of hydrogen-bond acceptors (Lipinski definition) is 2. The molecule has 0 fully saturated rings. The van der Waals surface area contributed by atoms with Gasteiger partial charge in [0, 0.05) is 12.2 Å². The Kier molecular flexibility index (Phi) is 2.71. The minimum atomic E-state index is 0.873. The largest absolute Gasteiger partial charge is 0.399 e. The van der Waals surface area contributed by atoms with Gasteiger partial charge in [0.15, 0.2) is 0 Å². The Hall–Kier alpha value is -1.02. The standard InChI is InChI=1S/C10H16N2/c1-8-6-9(7-12(2)3)4-5-10(8)11/h4-6H,7,11H2,1-3H3. The molecule has 0 aliphatic rings. The van der Waals surface area contributed by atoms with E-state index in [0.717, 1.165) is 17.8 Å². The summed E-state index contributed by atoms with van der Waals surface area (Å²) in [7, 11) is 4.12. The van der Waals surface area contributed by atoms with E-state index in [0.29, 0.717) is 0 Å². The lowest BCUT2D eigenvalue weighted by molar-refractivity contribution is 0.402. The average molecular weight is 164 g/mol. The fourth-order valence-corrected chi connectivity index (χ4v) is 1.20. The molecule has 0 aliphatic heterocycles. The number of nitrogens with zero attached hydrogens (tertiary/aromatic N) is 1. The molecule has 1 aromatic carbocycles. The third kappa shape index (κ3) is 2.24. The van der Waals surface area contributed by atoms with E-state index in [9.17, 15) is 0 Å². The van der Waals surface area contributed by atoms with E-state index in [4.69, 9.17) is 5.73 Å². The van der Waals surface area contributed by atoms with Crippen LogP contribution in [0.1, 0.15) is 11.1 Å². The maximum Gasteiger partial charge on any atom is 0.0343 e. The van der Waals surface area contributed by atoms with Crippen LogP contribution in [0.2, 0.25) is 0 Å². The maximum absolute atomic E-state index is 5.71. The van der Waals surface area contributed by atoms with Crippen molar-refractivity contribution in [2.45, 2.75) is 13.5 Å². The third-order valence-corrected chi connectivity index (χ3v) is 1.83. The normalized spacial score (nSPS) is 10.7. The fraction of sp³-hybridized carbons (Fsp3) is 0.400. The summed E-state index contributed by atoms with van der Waals surface area (Å²) in [6.45, 7) is 3.01. The van der Waals surface area contributed by atoms with Crippen molar-refractivity contribution < 1.29 is 0 Å². The van der Waals surface area contributed by atoms with Crippen LogP contribution in [0.15, 0.2) is 18.2 Å². The Morgan fingerprint density at radius 3 is 2.50 bits per heavy atom. The molecule has 0 saturated heterocycles. The van der Waals surface area contributed by atoms with Crippen molar-refractivity contribution in [3.8, 4) is 0 Å². The topological polar surface area (TPSA) is 29.3 Å². The highest BCUT2D eigenvalue weighted by Crippen LogP contribution is 2.13. The van der Waals surface area contributed by atoms with Crippen LogP contribution in [0.25, 0.3) is 0 Å². The second-order valence-corrected chi connectivity index (χ2v) is 3.43. The van der Waals surface area contributed by atoms with Crippen LogP contribution < -0.4 is 5.73 Å². The van der Waals surface area contributed by atoms with Crippen LogP contribution in [0.3, 0.4) is 0 Å². The molecule has 12 heavy (non-hydrogen) atoms. The molecular weight excluding hydrogens is 148 g/mol. The zero-order valence-electron chi connectivity index (χ0n) is 7.96. The van der Waals surface area contributed by atoms with Gasteiger partial charge in [-0.2, -0.15) is 0 Å². The summed E-state index contributed by atoms with van der Waals surface area (Å²) in [5.74, 6) is 0. The Morgan fingerprint density at radius 1 is 1.33 bits per heavy atom. The van der Waals surface area contributed by atoms with E-state index in [2.05, 4.69) is 31.1 Å². The van der Waals surface area contributed by atoms with Crippen molar-refractivity contribution >= 4 is 5.69 Å². The number of nitrogen functional groups attached to an aromatic ring is 1. The summed E-state index contributed by atoms with van der Waals surface area (Å²) in [6, 6.07) is 6.17. The lowest BCUT2D eigenvalue weighted by atomic mass is 10.1. The predicted molar refractivity (Wildman–Crippen MR) is 53.0 cm³/mol. The van der Waals surface area contributed by atoms with Gasteiger partial charge >= 0.3 is 0 Å². The summed E-state index contributed by atoms with van der Waals surface area (Å²) in [4.78, 5) is 2.14. The Balaban J connectivity index is 2.82. The summed E-state index contributed by atoms with van der Waals surface area (Å²) in [6.07, 6.45) is 0. The van der Waals surface area contributed by atoms with Crippen LogP contribution in [0.4, 0.5) is 5.69 Å². The molecule has 0 saturated carbocycles. The lowest BCUT2D eigenvalue weighted by Gasteiger charge is -2.10. The molecule has 2 N–H and O–H groups in total. The van der Waals surface area contributed by atoms with Gasteiger partial charge in [-0.25, -0.2) is 0 Å². The maximum atomic E-state index is 5.71. The van der Waals surface area contributed by atoms with Crippen molar-refractivity contribution in [1.29, 1.82) is 0 Å². The summed E-state index contributed by atoms with van der Waals surface area (Å²) >= 11 is 0. The quantitative estimate of drug-likeness (QED) is 0.673. The van der Waals surface area contributed by atoms with Gasteiger partial charge in [0.2, 0.25) is 0 Å². The van der Waals surface area contributed by atoms with Gasteiger partial charge in [0.25, 0.3) is 0 Å². The molecule has 66 valence electrons. The summed E-state index contributed by atoms with van der Waals surface area (Å²) < 4.78 is 0. The van der Waals surface area contributed by atoms with Crippen LogP contribution in [0.5, 0.6) is 0 Å². The fourth-order valence-electron chi connectivity index (χ4n) is 1.20. The molecule has 0 aromatic heterocycles. The Morgan fingerprint density at radius 2 is 2.00 bits per heavy atom. The van der Waals surface area contributed by atoms with E-state index >= 15 is 0 Å². The molecule has 0 amide bonds. The van der Waals surface area contributed by atoms with Crippen LogP contribution in [-0.4, -0.2) is 19.0 Å². The number of nitrogens with two attached hydrogens (primary N) is 1. The van der Waals surface area contributed by atoms with Gasteiger partial charge < -0.3 is 10.6 Å². The van der Waals surface area contributed by atoms with E-state index < -0.39 is 0 Å². The first-order valence-electron chi connectivity index (χ1n) is 4.09. The molecular formula is C10H16N2. The third-order valence-electron chi connectivity index (χ3n) is 1.83. The van der Waals surface area contributed by atoms with E-state index in [1.807, 2.05) is 13.0 Å².